The molecular weight excluding hydrogens is 476 g/mol. The zero-order valence-corrected chi connectivity index (χ0v) is 19.5. The van der Waals surface area contributed by atoms with Gasteiger partial charge in [0.05, 0.1) is 12.6 Å². The number of hydrogen-bond donors (Lipinski definition) is 1. The lowest BCUT2D eigenvalue weighted by molar-refractivity contribution is -0.183. The molecule has 0 unspecified atom stereocenters. The first-order chi connectivity index (χ1) is 17.2. The molecule has 6 rings (SSSR count). The van der Waals surface area contributed by atoms with Crippen LogP contribution in [0.1, 0.15) is 42.3 Å². The van der Waals surface area contributed by atoms with Crippen molar-refractivity contribution in [3.05, 3.63) is 53.5 Å². The molecule has 3 aromatic heterocycles. The maximum absolute atomic E-state index is 15.3. The van der Waals surface area contributed by atoms with Gasteiger partial charge in [-0.05, 0) is 55.0 Å². The number of fused-ring (bicyclic) bond motifs is 2. The van der Waals surface area contributed by atoms with E-state index in [4.69, 9.17) is 10.5 Å². The molecule has 0 bridgehead atoms. The highest BCUT2D eigenvalue weighted by Crippen LogP contribution is 2.47. The van der Waals surface area contributed by atoms with E-state index >= 15 is 4.39 Å². The van der Waals surface area contributed by atoms with Gasteiger partial charge >= 0.3 is 6.18 Å². The van der Waals surface area contributed by atoms with Crippen LogP contribution in [0.2, 0.25) is 0 Å². The average Bonchev–Trinajstić information content (AvgIpc) is 3.46. The lowest BCUT2D eigenvalue weighted by Gasteiger charge is -2.30. The maximum atomic E-state index is 15.3. The predicted octanol–water partition coefficient (Wildman–Crippen LogP) is 4.61. The van der Waals surface area contributed by atoms with Crippen LogP contribution in [0.15, 0.2) is 36.5 Å². The highest BCUT2D eigenvalue weighted by atomic mass is 19.4. The van der Waals surface area contributed by atoms with Gasteiger partial charge in [-0.2, -0.15) is 13.2 Å². The number of hydrogen-bond acceptors (Lipinski definition) is 6. The summed E-state index contributed by atoms with van der Waals surface area (Å²) in [6.45, 7) is 0.384. The summed E-state index contributed by atoms with van der Waals surface area (Å²) in [4.78, 5) is 5.95. The van der Waals surface area contributed by atoms with Crippen LogP contribution in [0.3, 0.4) is 0 Å². The van der Waals surface area contributed by atoms with Crippen LogP contribution in [-0.4, -0.2) is 56.9 Å². The number of aromatic nitrogens is 4. The minimum Gasteiger partial charge on any atom is -0.496 e. The van der Waals surface area contributed by atoms with Gasteiger partial charge in [0.1, 0.15) is 17.5 Å². The fourth-order valence-corrected chi connectivity index (χ4v) is 5.21. The standard InChI is InChI=1S/C25H24F4N6O/c1-36-18-6-4-14-10-17(26)22(31-21(14)20(18)13-2-3-13)24-33-32-19-7-5-15(11-35(19)24)23(25(27,28)29)34-9-8-16(30)12-34/h4-7,10-11,13,16,23H,2-3,8-9,12,30H2,1H3/t16-,23+/m0/s1. The number of rotatable bonds is 5. The molecule has 0 radical (unpaired) electrons. The van der Waals surface area contributed by atoms with E-state index in [0.717, 1.165) is 18.4 Å². The fraction of sp³-hybridized carbons (Fsp3) is 0.400. The zero-order valence-electron chi connectivity index (χ0n) is 19.5. The van der Waals surface area contributed by atoms with Crippen molar-refractivity contribution in [2.45, 2.75) is 43.4 Å². The molecule has 2 atom stereocenters. The molecule has 11 heteroatoms. The normalized spacial score (nSPS) is 19.9. The smallest absolute Gasteiger partial charge is 0.408 e. The first-order valence-corrected chi connectivity index (χ1v) is 11.8. The summed E-state index contributed by atoms with van der Waals surface area (Å²) in [5.74, 6) is 0.359. The topological polar surface area (TPSA) is 81.6 Å². The number of methoxy groups -OCH3 is 1. The molecule has 2 aliphatic rings. The van der Waals surface area contributed by atoms with Crippen LogP contribution >= 0.6 is 0 Å². The number of ether oxygens (including phenoxy) is 1. The molecule has 4 heterocycles. The van der Waals surface area contributed by atoms with Crippen molar-refractivity contribution in [3.63, 3.8) is 0 Å². The van der Waals surface area contributed by atoms with E-state index in [2.05, 4.69) is 15.2 Å². The number of nitrogens with two attached hydrogens (primary N) is 1. The van der Waals surface area contributed by atoms with Crippen molar-refractivity contribution in [2.24, 2.45) is 5.73 Å². The maximum Gasteiger partial charge on any atom is 0.408 e. The van der Waals surface area contributed by atoms with Crippen molar-refractivity contribution in [2.75, 3.05) is 20.2 Å². The van der Waals surface area contributed by atoms with Gasteiger partial charge in [-0.15, -0.1) is 10.2 Å². The summed E-state index contributed by atoms with van der Waals surface area (Å²) >= 11 is 0. The molecule has 4 aromatic rings. The number of alkyl halides is 3. The molecule has 188 valence electrons. The molecular formula is C25H24F4N6O. The Morgan fingerprint density at radius 2 is 1.92 bits per heavy atom. The second kappa shape index (κ2) is 8.38. The van der Waals surface area contributed by atoms with E-state index in [-0.39, 0.29) is 42.1 Å². The fourth-order valence-electron chi connectivity index (χ4n) is 5.21. The second-order valence-corrected chi connectivity index (χ2v) is 9.55. The lowest BCUT2D eigenvalue weighted by atomic mass is 10.0. The Bertz CT molecular complexity index is 1460. The number of nitrogens with zero attached hydrogens (tertiary/aromatic N) is 5. The van der Waals surface area contributed by atoms with E-state index < -0.39 is 18.0 Å². The first kappa shape index (κ1) is 23.1. The lowest BCUT2D eigenvalue weighted by Crippen LogP contribution is -2.38. The van der Waals surface area contributed by atoms with Gasteiger partial charge in [0.25, 0.3) is 0 Å². The number of benzene rings is 1. The van der Waals surface area contributed by atoms with Gasteiger partial charge in [-0.25, -0.2) is 9.37 Å². The average molecular weight is 501 g/mol. The van der Waals surface area contributed by atoms with Crippen LogP contribution in [-0.2, 0) is 0 Å². The van der Waals surface area contributed by atoms with Gasteiger partial charge in [-0.1, -0.05) is 6.07 Å². The van der Waals surface area contributed by atoms with Crippen LogP contribution < -0.4 is 10.5 Å². The van der Waals surface area contributed by atoms with E-state index in [0.29, 0.717) is 28.7 Å². The Kier molecular flexibility index (Phi) is 5.38. The molecule has 2 fully saturated rings. The summed E-state index contributed by atoms with van der Waals surface area (Å²) in [6.07, 6.45) is -0.731. The van der Waals surface area contributed by atoms with E-state index in [1.807, 2.05) is 0 Å². The third-order valence-electron chi connectivity index (χ3n) is 7.03. The highest BCUT2D eigenvalue weighted by Gasteiger charge is 2.46. The highest BCUT2D eigenvalue weighted by molar-refractivity contribution is 5.87. The summed E-state index contributed by atoms with van der Waals surface area (Å²) in [7, 11) is 1.58. The van der Waals surface area contributed by atoms with Gasteiger partial charge in [0, 0.05) is 36.3 Å². The number of halogens is 4. The summed E-state index contributed by atoms with van der Waals surface area (Å²) in [5.41, 5.74) is 7.62. The molecule has 36 heavy (non-hydrogen) atoms. The molecule has 0 amide bonds. The zero-order chi connectivity index (χ0) is 25.2. The first-order valence-electron chi connectivity index (χ1n) is 11.8. The number of likely N-dealkylation sites (tertiary alicyclic amines) is 1. The molecule has 7 nitrogen and oxygen atoms in total. The Morgan fingerprint density at radius 1 is 1.11 bits per heavy atom. The molecule has 1 aliphatic heterocycles. The van der Waals surface area contributed by atoms with Crippen molar-refractivity contribution >= 4 is 16.6 Å². The Hall–Kier alpha value is -3.31. The van der Waals surface area contributed by atoms with Crippen LogP contribution in [0.25, 0.3) is 28.1 Å². The van der Waals surface area contributed by atoms with Crippen LogP contribution in [0.4, 0.5) is 17.6 Å². The summed E-state index contributed by atoms with van der Waals surface area (Å²) in [5, 5.41) is 8.78. The Labute approximate surface area is 203 Å². The Balaban J connectivity index is 1.50. The summed E-state index contributed by atoms with van der Waals surface area (Å²) < 4.78 is 64.7. The molecule has 0 spiro atoms. The monoisotopic (exact) mass is 500 g/mol. The van der Waals surface area contributed by atoms with Crippen LogP contribution in [0, 0.1) is 5.82 Å². The summed E-state index contributed by atoms with van der Waals surface area (Å²) in [6, 6.07) is 5.61. The van der Waals surface area contributed by atoms with Gasteiger partial charge in [-0.3, -0.25) is 9.30 Å². The third kappa shape index (κ3) is 3.86. The van der Waals surface area contributed by atoms with E-state index in [9.17, 15) is 13.2 Å². The second-order valence-electron chi connectivity index (χ2n) is 9.55. The molecule has 1 saturated heterocycles. The van der Waals surface area contributed by atoms with Crippen molar-refractivity contribution in [1.82, 2.24) is 24.5 Å². The van der Waals surface area contributed by atoms with Gasteiger partial charge < -0.3 is 10.5 Å². The Morgan fingerprint density at radius 3 is 2.58 bits per heavy atom. The van der Waals surface area contributed by atoms with Crippen molar-refractivity contribution in [1.29, 1.82) is 0 Å². The molecule has 1 saturated carbocycles. The molecule has 2 N–H and O–H groups in total. The number of pyridine rings is 2. The van der Waals surface area contributed by atoms with Crippen LogP contribution in [0.5, 0.6) is 5.75 Å². The minimum atomic E-state index is -4.52. The largest absolute Gasteiger partial charge is 0.496 e. The van der Waals surface area contributed by atoms with Gasteiger partial charge in [0.15, 0.2) is 17.3 Å². The third-order valence-corrected chi connectivity index (χ3v) is 7.03. The predicted molar refractivity (Wildman–Crippen MR) is 125 cm³/mol. The quantitative estimate of drug-likeness (QED) is 0.403. The minimum absolute atomic E-state index is 0.00619. The van der Waals surface area contributed by atoms with E-state index in [1.165, 1.54) is 33.7 Å². The van der Waals surface area contributed by atoms with Crippen molar-refractivity contribution in [3.8, 4) is 17.3 Å². The van der Waals surface area contributed by atoms with Gasteiger partial charge in [0.2, 0.25) is 0 Å². The SMILES string of the molecule is COc1ccc2cc(F)c(-c3nnc4ccc([C@@H](N5CC[C@H](N)C5)C(F)(F)F)cn34)nc2c1C1CC1. The van der Waals surface area contributed by atoms with E-state index in [1.54, 1.807) is 19.2 Å². The van der Waals surface area contributed by atoms with Crippen molar-refractivity contribution < 1.29 is 22.3 Å². The molecule has 1 aliphatic carbocycles. The molecule has 1 aromatic carbocycles.